The molecule has 0 fully saturated rings. The van der Waals surface area contributed by atoms with Crippen LogP contribution in [-0.2, 0) is 4.79 Å². The molecule has 0 heterocycles. The second-order valence-corrected chi connectivity index (χ2v) is 4.64. The Kier molecular flexibility index (Phi) is 4.21. The molecule has 0 aliphatic rings. The van der Waals surface area contributed by atoms with Crippen LogP contribution in [0.4, 0.5) is 0 Å². The van der Waals surface area contributed by atoms with E-state index in [9.17, 15) is 4.79 Å². The summed E-state index contributed by atoms with van der Waals surface area (Å²) < 4.78 is 0. The normalized spacial score (nSPS) is 12.5. The summed E-state index contributed by atoms with van der Waals surface area (Å²) in [6.45, 7) is 5.80. The zero-order chi connectivity index (χ0) is 10.6. The van der Waals surface area contributed by atoms with Crippen molar-refractivity contribution in [3.8, 4) is 0 Å². The average molecular weight is 208 g/mol. The number of thioether (sulfide) groups is 1. The third-order valence-corrected chi connectivity index (χ3v) is 3.85. The van der Waals surface area contributed by atoms with Gasteiger partial charge in [-0.25, -0.2) is 0 Å². The van der Waals surface area contributed by atoms with Crippen LogP contribution in [0.1, 0.15) is 25.8 Å². The summed E-state index contributed by atoms with van der Waals surface area (Å²) in [5, 5.41) is 0.107. The standard InChI is InChI=1S/C12H16OS/c1-4-11(10(3)13)14-12-8-6-5-7-9(12)2/h5-8,11H,4H2,1-3H3. The number of aryl methyl sites for hydroxylation is 1. The van der Waals surface area contributed by atoms with Crippen LogP contribution in [0.5, 0.6) is 0 Å². The monoisotopic (exact) mass is 208 g/mol. The van der Waals surface area contributed by atoms with Crippen LogP contribution in [0.2, 0.25) is 0 Å². The maximum atomic E-state index is 11.3. The van der Waals surface area contributed by atoms with Crippen molar-refractivity contribution in [3.63, 3.8) is 0 Å². The minimum atomic E-state index is 0.107. The molecule has 0 saturated heterocycles. The summed E-state index contributed by atoms with van der Waals surface area (Å²) in [4.78, 5) is 12.5. The lowest BCUT2D eigenvalue weighted by Gasteiger charge is -2.12. The molecule has 1 nitrogen and oxygen atoms in total. The van der Waals surface area contributed by atoms with Gasteiger partial charge in [-0.05, 0) is 31.9 Å². The van der Waals surface area contributed by atoms with Gasteiger partial charge in [-0.3, -0.25) is 4.79 Å². The number of carbonyl (C=O) groups excluding carboxylic acids is 1. The Hall–Kier alpha value is -0.760. The van der Waals surface area contributed by atoms with Crippen LogP contribution < -0.4 is 0 Å². The molecule has 0 spiro atoms. The fourth-order valence-electron chi connectivity index (χ4n) is 1.30. The fourth-order valence-corrected chi connectivity index (χ4v) is 2.35. The summed E-state index contributed by atoms with van der Waals surface area (Å²) in [6, 6.07) is 8.19. The first kappa shape index (κ1) is 11.3. The Morgan fingerprint density at radius 2 is 2.07 bits per heavy atom. The Morgan fingerprint density at radius 3 is 2.57 bits per heavy atom. The number of ketones is 1. The van der Waals surface area contributed by atoms with E-state index >= 15 is 0 Å². The van der Waals surface area contributed by atoms with Crippen LogP contribution in [-0.4, -0.2) is 11.0 Å². The lowest BCUT2D eigenvalue weighted by Crippen LogP contribution is -2.11. The number of carbonyl (C=O) groups is 1. The zero-order valence-corrected chi connectivity index (χ0v) is 9.73. The number of hydrogen-bond donors (Lipinski definition) is 0. The first-order valence-corrected chi connectivity index (χ1v) is 5.75. The second-order valence-electron chi connectivity index (χ2n) is 3.39. The van der Waals surface area contributed by atoms with Crippen molar-refractivity contribution in [2.75, 3.05) is 0 Å². The summed E-state index contributed by atoms with van der Waals surface area (Å²) >= 11 is 1.67. The lowest BCUT2D eigenvalue weighted by atomic mass is 10.2. The SMILES string of the molecule is CCC(Sc1ccccc1C)C(C)=O. The van der Waals surface area contributed by atoms with Gasteiger partial charge in [0.05, 0.1) is 5.25 Å². The van der Waals surface area contributed by atoms with E-state index in [0.717, 1.165) is 6.42 Å². The van der Waals surface area contributed by atoms with Crippen LogP contribution in [0.25, 0.3) is 0 Å². The van der Waals surface area contributed by atoms with Gasteiger partial charge in [0.15, 0.2) is 0 Å². The third kappa shape index (κ3) is 2.88. The first-order valence-electron chi connectivity index (χ1n) is 4.88. The summed E-state index contributed by atoms with van der Waals surface area (Å²) in [6.07, 6.45) is 0.897. The molecular formula is C12H16OS. The molecule has 14 heavy (non-hydrogen) atoms. The highest BCUT2D eigenvalue weighted by Gasteiger charge is 2.13. The maximum absolute atomic E-state index is 11.3. The minimum absolute atomic E-state index is 0.107. The topological polar surface area (TPSA) is 17.1 Å². The molecule has 0 aliphatic heterocycles. The second kappa shape index (κ2) is 5.20. The van der Waals surface area contributed by atoms with E-state index in [1.165, 1.54) is 10.5 Å². The predicted molar refractivity (Wildman–Crippen MR) is 61.8 cm³/mol. The van der Waals surface area contributed by atoms with E-state index in [4.69, 9.17) is 0 Å². The maximum Gasteiger partial charge on any atom is 0.143 e. The van der Waals surface area contributed by atoms with Crippen molar-refractivity contribution in [1.82, 2.24) is 0 Å². The van der Waals surface area contributed by atoms with Crippen molar-refractivity contribution < 1.29 is 4.79 Å². The summed E-state index contributed by atoms with van der Waals surface area (Å²) in [7, 11) is 0. The molecular weight excluding hydrogens is 192 g/mol. The highest BCUT2D eigenvalue weighted by atomic mass is 32.2. The molecule has 1 rings (SSSR count). The molecule has 0 saturated carbocycles. The van der Waals surface area contributed by atoms with Crippen molar-refractivity contribution in [1.29, 1.82) is 0 Å². The van der Waals surface area contributed by atoms with E-state index < -0.39 is 0 Å². The van der Waals surface area contributed by atoms with Crippen molar-refractivity contribution in [2.45, 2.75) is 37.3 Å². The molecule has 0 aliphatic carbocycles. The predicted octanol–water partition coefficient (Wildman–Crippen LogP) is 3.45. The highest BCUT2D eigenvalue weighted by Crippen LogP contribution is 2.28. The molecule has 0 bridgehead atoms. The molecule has 0 amide bonds. The van der Waals surface area contributed by atoms with E-state index in [2.05, 4.69) is 26.0 Å². The largest absolute Gasteiger partial charge is 0.299 e. The van der Waals surface area contributed by atoms with Crippen LogP contribution in [0, 0.1) is 6.92 Å². The van der Waals surface area contributed by atoms with E-state index in [0.29, 0.717) is 0 Å². The fraction of sp³-hybridized carbons (Fsp3) is 0.417. The van der Waals surface area contributed by atoms with Crippen LogP contribution >= 0.6 is 11.8 Å². The van der Waals surface area contributed by atoms with E-state index in [-0.39, 0.29) is 11.0 Å². The molecule has 1 aromatic rings. The summed E-state index contributed by atoms with van der Waals surface area (Å²) in [5.41, 5.74) is 1.25. The molecule has 0 radical (unpaired) electrons. The Morgan fingerprint density at radius 1 is 1.43 bits per heavy atom. The van der Waals surface area contributed by atoms with E-state index in [1.54, 1.807) is 18.7 Å². The zero-order valence-electron chi connectivity index (χ0n) is 8.91. The van der Waals surface area contributed by atoms with Gasteiger partial charge in [0.25, 0.3) is 0 Å². The Labute approximate surface area is 89.9 Å². The van der Waals surface area contributed by atoms with Crippen molar-refractivity contribution in [2.24, 2.45) is 0 Å². The highest BCUT2D eigenvalue weighted by molar-refractivity contribution is 8.00. The molecule has 1 aromatic carbocycles. The number of benzene rings is 1. The Balaban J connectivity index is 2.77. The van der Waals surface area contributed by atoms with Gasteiger partial charge in [-0.2, -0.15) is 0 Å². The molecule has 1 atom stereocenters. The van der Waals surface area contributed by atoms with Crippen LogP contribution in [0.15, 0.2) is 29.2 Å². The summed E-state index contributed by atoms with van der Waals surface area (Å²) in [5.74, 6) is 0.265. The van der Waals surface area contributed by atoms with Crippen LogP contribution in [0.3, 0.4) is 0 Å². The quantitative estimate of drug-likeness (QED) is 0.705. The molecule has 1 unspecified atom stereocenters. The van der Waals surface area contributed by atoms with Crippen molar-refractivity contribution >= 4 is 17.5 Å². The minimum Gasteiger partial charge on any atom is -0.299 e. The number of hydrogen-bond acceptors (Lipinski definition) is 2. The molecule has 2 heteroatoms. The van der Waals surface area contributed by atoms with Gasteiger partial charge in [0.2, 0.25) is 0 Å². The van der Waals surface area contributed by atoms with Gasteiger partial charge in [-0.15, -0.1) is 11.8 Å². The van der Waals surface area contributed by atoms with Gasteiger partial charge in [-0.1, -0.05) is 25.1 Å². The van der Waals surface area contributed by atoms with Gasteiger partial charge >= 0.3 is 0 Å². The van der Waals surface area contributed by atoms with Gasteiger partial charge < -0.3 is 0 Å². The lowest BCUT2D eigenvalue weighted by molar-refractivity contribution is -0.116. The third-order valence-electron chi connectivity index (χ3n) is 2.19. The molecule has 0 aromatic heterocycles. The van der Waals surface area contributed by atoms with E-state index in [1.807, 2.05) is 12.1 Å². The number of rotatable bonds is 4. The van der Waals surface area contributed by atoms with Gasteiger partial charge in [0.1, 0.15) is 5.78 Å². The average Bonchev–Trinajstić information content (AvgIpc) is 2.16. The van der Waals surface area contributed by atoms with Crippen molar-refractivity contribution in [3.05, 3.63) is 29.8 Å². The number of Topliss-reactive ketones (excluding diaryl/α,β-unsaturated/α-hetero) is 1. The molecule has 76 valence electrons. The molecule has 0 N–H and O–H groups in total. The Bertz CT molecular complexity index is 320. The first-order chi connectivity index (χ1) is 6.65. The smallest absolute Gasteiger partial charge is 0.143 e. The van der Waals surface area contributed by atoms with Gasteiger partial charge in [0, 0.05) is 4.90 Å².